The highest BCUT2D eigenvalue weighted by molar-refractivity contribution is 9.09. The molecule has 78 valence electrons. The van der Waals surface area contributed by atoms with Gasteiger partial charge in [-0.3, -0.25) is 0 Å². The summed E-state index contributed by atoms with van der Waals surface area (Å²) in [5.74, 6) is 0. The minimum Gasteiger partial charge on any atom is -0.192 e. The number of aryl methyl sites for hydroxylation is 1. The average Bonchev–Trinajstić information content (AvgIpc) is 2.33. The summed E-state index contributed by atoms with van der Waals surface area (Å²) in [6.07, 6.45) is 1.92. The lowest BCUT2D eigenvalue weighted by Gasteiger charge is -2.23. The van der Waals surface area contributed by atoms with E-state index in [0.29, 0.717) is 0 Å². The molecule has 0 bridgehead atoms. The number of nitrogens with zero attached hydrogens (tertiary/aromatic N) is 2. The van der Waals surface area contributed by atoms with E-state index in [4.69, 9.17) is 10.5 Å². The highest BCUT2D eigenvalue weighted by Gasteiger charge is 2.24. The van der Waals surface area contributed by atoms with E-state index in [0.717, 1.165) is 24.0 Å². The van der Waals surface area contributed by atoms with E-state index in [1.165, 1.54) is 5.56 Å². The molecule has 2 rings (SSSR count). The van der Waals surface area contributed by atoms with Crippen LogP contribution in [0.3, 0.4) is 0 Å². The fourth-order valence-electron chi connectivity index (χ4n) is 2.03. The van der Waals surface area contributed by atoms with Crippen LogP contribution in [0.5, 0.6) is 0 Å². The van der Waals surface area contributed by atoms with Crippen LogP contribution < -0.4 is 0 Å². The molecule has 0 amide bonds. The molecule has 1 aliphatic carbocycles. The summed E-state index contributed by atoms with van der Waals surface area (Å²) in [5.41, 5.74) is 3.31. The predicted octanol–water partition coefficient (Wildman–Crippen LogP) is 3.20. The van der Waals surface area contributed by atoms with Gasteiger partial charge in [0.2, 0.25) is 0 Å². The molecule has 0 heterocycles. The zero-order valence-electron chi connectivity index (χ0n) is 8.57. The van der Waals surface area contributed by atoms with Gasteiger partial charge in [0.1, 0.15) is 17.7 Å². The maximum Gasteiger partial charge on any atom is 0.134 e. The van der Waals surface area contributed by atoms with Gasteiger partial charge in [0, 0.05) is 10.4 Å². The zero-order chi connectivity index (χ0) is 11.5. The first-order chi connectivity index (χ1) is 7.77. The van der Waals surface area contributed by atoms with Crippen LogP contribution in [-0.2, 0) is 6.42 Å². The van der Waals surface area contributed by atoms with Crippen molar-refractivity contribution >= 4 is 21.5 Å². The summed E-state index contributed by atoms with van der Waals surface area (Å²) in [4.78, 5) is 0.108. The maximum absolute atomic E-state index is 8.97. The first-order valence-electron chi connectivity index (χ1n) is 5.04. The fraction of sp³-hybridized carbons (Fsp3) is 0.231. The Morgan fingerprint density at radius 1 is 1.25 bits per heavy atom. The van der Waals surface area contributed by atoms with Gasteiger partial charge >= 0.3 is 0 Å². The van der Waals surface area contributed by atoms with Crippen molar-refractivity contribution in [2.24, 2.45) is 0 Å². The van der Waals surface area contributed by atoms with Gasteiger partial charge < -0.3 is 0 Å². The Bertz CT molecular complexity index is 516. The predicted molar refractivity (Wildman–Crippen MR) is 65.6 cm³/mol. The molecule has 1 atom stereocenters. The van der Waals surface area contributed by atoms with Gasteiger partial charge in [0.25, 0.3) is 0 Å². The van der Waals surface area contributed by atoms with E-state index >= 15 is 0 Å². The molecule has 0 saturated heterocycles. The van der Waals surface area contributed by atoms with E-state index < -0.39 is 0 Å². The number of nitriles is 2. The Morgan fingerprint density at radius 3 is 2.62 bits per heavy atom. The normalized spacial score (nSPS) is 18.2. The van der Waals surface area contributed by atoms with Crippen molar-refractivity contribution in [1.82, 2.24) is 0 Å². The molecule has 1 aliphatic rings. The third-order valence-corrected chi connectivity index (χ3v) is 3.70. The van der Waals surface area contributed by atoms with Crippen LogP contribution in [0.1, 0.15) is 17.5 Å². The number of hydrogen-bond donors (Lipinski definition) is 0. The largest absolute Gasteiger partial charge is 0.192 e. The second-order valence-corrected chi connectivity index (χ2v) is 4.78. The van der Waals surface area contributed by atoms with Crippen LogP contribution in [0.25, 0.3) is 5.57 Å². The number of fused-ring (bicyclic) bond motifs is 1. The molecular weight excluding hydrogens is 264 g/mol. The fourth-order valence-corrected chi connectivity index (χ4v) is 2.74. The third-order valence-electron chi connectivity index (χ3n) is 2.78. The third kappa shape index (κ3) is 1.75. The Labute approximate surface area is 103 Å². The van der Waals surface area contributed by atoms with Crippen molar-refractivity contribution in [2.45, 2.75) is 17.7 Å². The number of allylic oxidation sites excluding steroid dienone is 2. The number of hydrogen-bond acceptors (Lipinski definition) is 2. The Morgan fingerprint density at radius 2 is 1.94 bits per heavy atom. The standard InChI is InChI=1S/C13H9BrN2/c14-12-6-5-9-3-1-2-4-11(9)13(12)10(7-15)8-16/h1-4,12H,5-6H2. The molecular formula is C13H9BrN2. The van der Waals surface area contributed by atoms with Gasteiger partial charge in [-0.25, -0.2) is 0 Å². The Kier molecular flexibility index (Phi) is 3.08. The van der Waals surface area contributed by atoms with E-state index in [1.807, 2.05) is 30.3 Å². The smallest absolute Gasteiger partial charge is 0.134 e. The van der Waals surface area contributed by atoms with Crippen LogP contribution in [0, 0.1) is 22.7 Å². The molecule has 3 heteroatoms. The topological polar surface area (TPSA) is 47.6 Å². The van der Waals surface area contributed by atoms with Gasteiger partial charge in [-0.2, -0.15) is 10.5 Å². The van der Waals surface area contributed by atoms with E-state index in [1.54, 1.807) is 0 Å². The molecule has 0 radical (unpaired) electrons. The minimum absolute atomic E-state index is 0.108. The first-order valence-corrected chi connectivity index (χ1v) is 5.96. The zero-order valence-corrected chi connectivity index (χ0v) is 10.2. The number of halogens is 1. The van der Waals surface area contributed by atoms with Crippen LogP contribution in [0.4, 0.5) is 0 Å². The summed E-state index contributed by atoms with van der Waals surface area (Å²) < 4.78 is 0. The van der Waals surface area contributed by atoms with Crippen molar-refractivity contribution < 1.29 is 0 Å². The molecule has 1 aromatic carbocycles. The summed E-state index contributed by atoms with van der Waals surface area (Å²) in [6.45, 7) is 0. The van der Waals surface area contributed by atoms with Crippen LogP contribution in [-0.4, -0.2) is 4.83 Å². The van der Waals surface area contributed by atoms with Crippen molar-refractivity contribution in [3.63, 3.8) is 0 Å². The molecule has 0 saturated carbocycles. The molecule has 0 fully saturated rings. The molecule has 1 unspecified atom stereocenters. The van der Waals surface area contributed by atoms with Crippen LogP contribution >= 0.6 is 15.9 Å². The highest BCUT2D eigenvalue weighted by atomic mass is 79.9. The number of alkyl halides is 1. The summed E-state index contributed by atoms with van der Waals surface area (Å²) in [7, 11) is 0. The van der Waals surface area contributed by atoms with Crippen molar-refractivity contribution in [1.29, 1.82) is 10.5 Å². The molecule has 16 heavy (non-hydrogen) atoms. The monoisotopic (exact) mass is 272 g/mol. The second kappa shape index (κ2) is 4.51. The lowest BCUT2D eigenvalue weighted by Crippen LogP contribution is -2.14. The molecule has 0 aromatic heterocycles. The molecule has 0 spiro atoms. The van der Waals surface area contributed by atoms with Crippen LogP contribution in [0.15, 0.2) is 29.8 Å². The van der Waals surface area contributed by atoms with Crippen LogP contribution in [0.2, 0.25) is 0 Å². The van der Waals surface area contributed by atoms with E-state index in [2.05, 4.69) is 22.0 Å². The van der Waals surface area contributed by atoms with Crippen molar-refractivity contribution in [3.05, 3.63) is 41.0 Å². The van der Waals surface area contributed by atoms with E-state index in [9.17, 15) is 0 Å². The summed E-state index contributed by atoms with van der Waals surface area (Å²) >= 11 is 3.55. The molecule has 1 aromatic rings. The van der Waals surface area contributed by atoms with Gasteiger partial charge in [-0.1, -0.05) is 40.2 Å². The minimum atomic E-state index is 0.108. The second-order valence-electron chi connectivity index (χ2n) is 3.68. The lowest BCUT2D eigenvalue weighted by molar-refractivity contribution is 0.842. The number of benzene rings is 1. The summed E-state index contributed by atoms with van der Waals surface area (Å²) in [6, 6.07) is 11.9. The van der Waals surface area contributed by atoms with Gasteiger partial charge in [0.05, 0.1) is 0 Å². The van der Waals surface area contributed by atoms with Gasteiger partial charge in [-0.15, -0.1) is 0 Å². The van der Waals surface area contributed by atoms with E-state index in [-0.39, 0.29) is 10.4 Å². The Hall–Kier alpha value is -1.58. The van der Waals surface area contributed by atoms with Crippen molar-refractivity contribution in [2.75, 3.05) is 0 Å². The quantitative estimate of drug-likeness (QED) is 0.538. The molecule has 0 aliphatic heterocycles. The molecule has 0 N–H and O–H groups in total. The highest BCUT2D eigenvalue weighted by Crippen LogP contribution is 2.36. The maximum atomic E-state index is 8.97. The average molecular weight is 273 g/mol. The van der Waals surface area contributed by atoms with Crippen molar-refractivity contribution in [3.8, 4) is 12.1 Å². The first kappa shape index (κ1) is 10.9. The van der Waals surface area contributed by atoms with Gasteiger partial charge in [-0.05, 0) is 24.0 Å². The SMILES string of the molecule is N#CC(C#N)=C1c2ccccc2CCC1Br. The molecule has 2 nitrogen and oxygen atoms in total. The summed E-state index contributed by atoms with van der Waals surface area (Å²) in [5, 5.41) is 17.9. The lowest BCUT2D eigenvalue weighted by atomic mass is 9.85. The number of rotatable bonds is 0. The van der Waals surface area contributed by atoms with Gasteiger partial charge in [0.15, 0.2) is 0 Å². The Balaban J connectivity index is 2.68.